The number of ether oxygens (including phenoxy) is 1. The molecule has 1 aliphatic heterocycles. The molecule has 102 valence electrons. The Balaban J connectivity index is 2.20. The number of hydrogen-bond acceptors (Lipinski definition) is 5. The minimum Gasteiger partial charge on any atom is -0.383 e. The van der Waals surface area contributed by atoms with Crippen LogP contribution < -0.4 is 11.3 Å². The summed E-state index contributed by atoms with van der Waals surface area (Å²) in [6.45, 7) is 1.40. The van der Waals surface area contributed by atoms with Crippen molar-refractivity contribution in [2.45, 2.75) is 19.0 Å². The lowest BCUT2D eigenvalue weighted by Gasteiger charge is -2.23. The second-order valence-electron chi connectivity index (χ2n) is 4.36. The number of rotatable bonds is 6. The Morgan fingerprint density at radius 1 is 1.78 bits per heavy atom. The van der Waals surface area contributed by atoms with E-state index >= 15 is 0 Å². The number of hydrogen-bond donors (Lipinski definition) is 2. The molecule has 2 unspecified atom stereocenters. The van der Waals surface area contributed by atoms with Crippen LogP contribution in [0.4, 0.5) is 0 Å². The SMILES string of the molecule is COCCn1ncc(Br)c1C(NN)C1CCSC1. The van der Waals surface area contributed by atoms with E-state index in [0.717, 1.165) is 22.5 Å². The molecule has 3 N–H and O–H groups in total. The first-order valence-corrected chi connectivity index (χ1v) is 7.96. The fourth-order valence-electron chi connectivity index (χ4n) is 2.29. The standard InChI is InChI=1S/C11H19BrN4OS/c1-17-4-3-16-11(9(12)6-14-16)10(15-13)8-2-5-18-7-8/h6,8,10,15H,2-5,7,13H2,1H3. The third-order valence-electron chi connectivity index (χ3n) is 3.25. The lowest BCUT2D eigenvalue weighted by atomic mass is 9.97. The zero-order chi connectivity index (χ0) is 13.0. The summed E-state index contributed by atoms with van der Waals surface area (Å²) in [5.41, 5.74) is 4.09. The van der Waals surface area contributed by atoms with E-state index in [2.05, 4.69) is 26.5 Å². The van der Waals surface area contributed by atoms with Crippen LogP contribution in [0, 0.1) is 5.92 Å². The maximum Gasteiger partial charge on any atom is 0.0713 e. The van der Waals surface area contributed by atoms with Crippen LogP contribution in [0.25, 0.3) is 0 Å². The van der Waals surface area contributed by atoms with Crippen LogP contribution >= 0.6 is 27.7 Å². The van der Waals surface area contributed by atoms with Crippen LogP contribution in [0.5, 0.6) is 0 Å². The van der Waals surface area contributed by atoms with E-state index < -0.39 is 0 Å². The van der Waals surface area contributed by atoms with Crippen LogP contribution in [0.15, 0.2) is 10.7 Å². The van der Waals surface area contributed by atoms with Gasteiger partial charge in [0.15, 0.2) is 0 Å². The van der Waals surface area contributed by atoms with Crippen LogP contribution in [0.1, 0.15) is 18.2 Å². The number of nitrogens with one attached hydrogen (secondary N) is 1. The van der Waals surface area contributed by atoms with Crippen molar-refractivity contribution in [2.24, 2.45) is 11.8 Å². The van der Waals surface area contributed by atoms with Gasteiger partial charge in [0.2, 0.25) is 0 Å². The first-order valence-electron chi connectivity index (χ1n) is 6.02. The second kappa shape index (κ2) is 6.91. The van der Waals surface area contributed by atoms with Gasteiger partial charge in [-0.1, -0.05) is 0 Å². The molecule has 1 aromatic heterocycles. The van der Waals surface area contributed by atoms with Crippen molar-refractivity contribution in [3.05, 3.63) is 16.4 Å². The smallest absolute Gasteiger partial charge is 0.0713 e. The summed E-state index contributed by atoms with van der Waals surface area (Å²) in [5.74, 6) is 8.69. The summed E-state index contributed by atoms with van der Waals surface area (Å²) in [4.78, 5) is 0. The van der Waals surface area contributed by atoms with Crippen molar-refractivity contribution in [2.75, 3.05) is 25.2 Å². The summed E-state index contributed by atoms with van der Waals surface area (Å²) in [7, 11) is 1.70. The maximum absolute atomic E-state index is 5.76. The molecule has 7 heteroatoms. The third kappa shape index (κ3) is 3.08. The van der Waals surface area contributed by atoms with Crippen molar-refractivity contribution in [1.82, 2.24) is 15.2 Å². The minimum atomic E-state index is 0.147. The number of aromatic nitrogens is 2. The first-order chi connectivity index (χ1) is 8.77. The lowest BCUT2D eigenvalue weighted by Crippen LogP contribution is -2.35. The van der Waals surface area contributed by atoms with Crippen LogP contribution in [0.2, 0.25) is 0 Å². The second-order valence-corrected chi connectivity index (χ2v) is 6.37. The zero-order valence-electron chi connectivity index (χ0n) is 10.4. The summed E-state index contributed by atoms with van der Waals surface area (Å²) in [5, 5.41) is 4.38. The lowest BCUT2D eigenvalue weighted by molar-refractivity contribution is 0.180. The van der Waals surface area contributed by atoms with Crippen molar-refractivity contribution >= 4 is 27.7 Å². The molecule has 0 spiro atoms. The van der Waals surface area contributed by atoms with Gasteiger partial charge in [-0.2, -0.15) is 16.9 Å². The van der Waals surface area contributed by atoms with E-state index in [1.807, 2.05) is 22.6 Å². The predicted octanol–water partition coefficient (Wildman–Crippen LogP) is 1.55. The van der Waals surface area contributed by atoms with E-state index in [0.29, 0.717) is 12.5 Å². The molecule has 2 atom stereocenters. The Labute approximate surface area is 120 Å². The molecule has 0 saturated carbocycles. The van der Waals surface area contributed by atoms with Gasteiger partial charge in [-0.3, -0.25) is 16.0 Å². The van der Waals surface area contributed by atoms with Crippen molar-refractivity contribution in [3.63, 3.8) is 0 Å². The number of nitrogens with zero attached hydrogens (tertiary/aromatic N) is 2. The van der Waals surface area contributed by atoms with E-state index in [1.54, 1.807) is 7.11 Å². The summed E-state index contributed by atoms with van der Waals surface area (Å²) < 4.78 is 8.10. The average molecular weight is 335 g/mol. The Morgan fingerprint density at radius 2 is 2.61 bits per heavy atom. The number of methoxy groups -OCH3 is 1. The topological polar surface area (TPSA) is 65.1 Å². The monoisotopic (exact) mass is 334 g/mol. The number of hydrazine groups is 1. The fraction of sp³-hybridized carbons (Fsp3) is 0.727. The van der Waals surface area contributed by atoms with E-state index in [-0.39, 0.29) is 6.04 Å². The molecular weight excluding hydrogens is 316 g/mol. The number of thioether (sulfide) groups is 1. The van der Waals surface area contributed by atoms with Crippen molar-refractivity contribution in [3.8, 4) is 0 Å². The molecule has 0 bridgehead atoms. The normalized spacial score (nSPS) is 21.4. The summed E-state index contributed by atoms with van der Waals surface area (Å²) in [6.07, 6.45) is 3.03. The van der Waals surface area contributed by atoms with Gasteiger partial charge in [0.05, 0.1) is 35.6 Å². The number of nitrogens with two attached hydrogens (primary N) is 1. The Kier molecular flexibility index (Phi) is 5.50. The molecule has 18 heavy (non-hydrogen) atoms. The van der Waals surface area contributed by atoms with Gasteiger partial charge in [-0.25, -0.2) is 0 Å². The third-order valence-corrected chi connectivity index (χ3v) is 5.05. The van der Waals surface area contributed by atoms with Crippen molar-refractivity contribution < 1.29 is 4.74 Å². The molecule has 2 rings (SSSR count). The Bertz CT molecular complexity index is 381. The molecule has 1 aromatic rings. The minimum absolute atomic E-state index is 0.147. The van der Waals surface area contributed by atoms with E-state index in [1.165, 1.54) is 12.2 Å². The number of halogens is 1. The van der Waals surface area contributed by atoms with Gasteiger partial charge < -0.3 is 4.74 Å². The van der Waals surface area contributed by atoms with Gasteiger partial charge >= 0.3 is 0 Å². The highest BCUT2D eigenvalue weighted by Gasteiger charge is 2.30. The first kappa shape index (κ1) is 14.3. The molecule has 0 amide bonds. The highest BCUT2D eigenvalue weighted by Crippen LogP contribution is 2.36. The average Bonchev–Trinajstić information content (AvgIpc) is 3.00. The van der Waals surface area contributed by atoms with Crippen LogP contribution in [-0.2, 0) is 11.3 Å². The van der Waals surface area contributed by atoms with Gasteiger partial charge in [-0.15, -0.1) is 0 Å². The van der Waals surface area contributed by atoms with E-state index in [9.17, 15) is 0 Å². The molecular formula is C11H19BrN4OS. The maximum atomic E-state index is 5.76. The predicted molar refractivity (Wildman–Crippen MR) is 77.3 cm³/mol. The zero-order valence-corrected chi connectivity index (χ0v) is 12.8. The van der Waals surface area contributed by atoms with Crippen LogP contribution in [-0.4, -0.2) is 35.0 Å². The molecule has 2 heterocycles. The molecule has 0 radical (unpaired) electrons. The van der Waals surface area contributed by atoms with Gasteiger partial charge in [-0.05, 0) is 39.8 Å². The van der Waals surface area contributed by atoms with Gasteiger partial charge in [0.1, 0.15) is 0 Å². The van der Waals surface area contributed by atoms with Crippen molar-refractivity contribution in [1.29, 1.82) is 0 Å². The van der Waals surface area contributed by atoms with Crippen LogP contribution in [0.3, 0.4) is 0 Å². The molecule has 0 aromatic carbocycles. The molecule has 1 aliphatic rings. The van der Waals surface area contributed by atoms with E-state index in [4.69, 9.17) is 10.6 Å². The quantitative estimate of drug-likeness (QED) is 0.610. The fourth-order valence-corrected chi connectivity index (χ4v) is 4.13. The van der Waals surface area contributed by atoms with Gasteiger partial charge in [0.25, 0.3) is 0 Å². The Morgan fingerprint density at radius 3 is 3.22 bits per heavy atom. The molecule has 5 nitrogen and oxygen atoms in total. The van der Waals surface area contributed by atoms with Gasteiger partial charge in [0, 0.05) is 7.11 Å². The Hall–Kier alpha value is -0.0800. The molecule has 0 aliphatic carbocycles. The molecule has 1 fully saturated rings. The summed E-state index contributed by atoms with van der Waals surface area (Å²) in [6, 6.07) is 0.147. The highest BCUT2D eigenvalue weighted by atomic mass is 79.9. The largest absolute Gasteiger partial charge is 0.383 e. The highest BCUT2D eigenvalue weighted by molar-refractivity contribution is 9.10. The molecule has 1 saturated heterocycles. The summed E-state index contributed by atoms with van der Waals surface area (Å²) >= 11 is 5.56.